The van der Waals surface area contributed by atoms with E-state index in [1.807, 2.05) is 0 Å². The van der Waals surface area contributed by atoms with Gasteiger partial charge in [0.2, 0.25) is 0 Å². The van der Waals surface area contributed by atoms with E-state index < -0.39 is 0 Å². The number of benzene rings is 3. The zero-order valence-electron chi connectivity index (χ0n) is 22.0. The van der Waals surface area contributed by atoms with Crippen molar-refractivity contribution in [1.29, 1.82) is 0 Å². The fraction of sp³-hybridized carbons (Fsp3) is 0.419. The first-order valence-electron chi connectivity index (χ1n) is 12.5. The van der Waals surface area contributed by atoms with Crippen molar-refractivity contribution >= 4 is 27.3 Å². The van der Waals surface area contributed by atoms with Crippen molar-refractivity contribution < 1.29 is 0 Å². The minimum atomic E-state index is 0.0966. The number of hydrogen-bond acceptors (Lipinski definition) is 2. The monoisotopic (exact) mass is 520 g/mol. The van der Waals surface area contributed by atoms with Gasteiger partial charge in [0.15, 0.2) is 0 Å². The maximum absolute atomic E-state index is 6.68. The van der Waals surface area contributed by atoms with E-state index in [1.165, 1.54) is 38.9 Å². The fourth-order valence-electron chi connectivity index (χ4n) is 4.92. The molecule has 0 spiro atoms. The highest BCUT2D eigenvalue weighted by Gasteiger charge is 2.24. The normalized spacial score (nSPS) is 12.1. The van der Waals surface area contributed by atoms with Gasteiger partial charge in [-0.05, 0) is 74.7 Å². The lowest BCUT2D eigenvalue weighted by Gasteiger charge is -2.27. The molecule has 2 nitrogen and oxygen atoms in total. The predicted molar refractivity (Wildman–Crippen MR) is 153 cm³/mol. The van der Waals surface area contributed by atoms with E-state index >= 15 is 0 Å². The first-order chi connectivity index (χ1) is 15.9. The van der Waals surface area contributed by atoms with Gasteiger partial charge in [0.1, 0.15) is 0 Å². The summed E-state index contributed by atoms with van der Waals surface area (Å²) < 4.78 is 1.08. The molecule has 0 heterocycles. The maximum Gasteiger partial charge on any atom is 0.0384 e. The van der Waals surface area contributed by atoms with Crippen LogP contribution in [0.2, 0.25) is 0 Å². The van der Waals surface area contributed by atoms with E-state index in [1.54, 1.807) is 0 Å². The minimum absolute atomic E-state index is 0.0966. The molecule has 3 aromatic carbocycles. The molecule has 0 radical (unpaired) electrons. The third-order valence-corrected chi connectivity index (χ3v) is 7.42. The third kappa shape index (κ3) is 5.35. The molecule has 0 bridgehead atoms. The molecule has 34 heavy (non-hydrogen) atoms. The van der Waals surface area contributed by atoms with Crippen LogP contribution in [0.4, 0.5) is 11.4 Å². The summed E-state index contributed by atoms with van der Waals surface area (Å²) in [6.45, 7) is 17.8. The lowest BCUT2D eigenvalue weighted by Crippen LogP contribution is -2.12. The van der Waals surface area contributed by atoms with Crippen molar-refractivity contribution in [3.63, 3.8) is 0 Å². The van der Waals surface area contributed by atoms with Crippen LogP contribution in [0.3, 0.4) is 0 Å². The van der Waals surface area contributed by atoms with Crippen molar-refractivity contribution in [3.05, 3.63) is 91.9 Å². The van der Waals surface area contributed by atoms with Crippen LogP contribution in [0.5, 0.6) is 0 Å². The molecule has 0 amide bonds. The summed E-state index contributed by atoms with van der Waals surface area (Å²) in [7, 11) is 0. The second kappa shape index (κ2) is 10.6. The Kier molecular flexibility index (Phi) is 8.18. The summed E-state index contributed by atoms with van der Waals surface area (Å²) >= 11 is 3.62. The lowest BCUT2D eigenvalue weighted by atomic mass is 9.78. The van der Waals surface area contributed by atoms with Crippen molar-refractivity contribution in [2.24, 2.45) is 0 Å². The summed E-state index contributed by atoms with van der Waals surface area (Å²) in [4.78, 5) is 0. The van der Waals surface area contributed by atoms with Crippen molar-refractivity contribution in [1.82, 2.24) is 0 Å². The van der Waals surface area contributed by atoms with Crippen LogP contribution < -0.4 is 11.5 Å². The number of halogens is 1. The molecule has 3 heteroatoms. The van der Waals surface area contributed by atoms with Gasteiger partial charge in [-0.3, -0.25) is 0 Å². The van der Waals surface area contributed by atoms with E-state index in [4.69, 9.17) is 11.5 Å². The van der Waals surface area contributed by atoms with E-state index in [-0.39, 0.29) is 5.92 Å². The van der Waals surface area contributed by atoms with E-state index in [0.29, 0.717) is 23.7 Å². The Morgan fingerprint density at radius 1 is 0.500 bits per heavy atom. The Bertz CT molecular complexity index is 1010. The highest BCUT2D eigenvalue weighted by Crippen LogP contribution is 2.42. The first kappa shape index (κ1) is 26.3. The van der Waals surface area contributed by atoms with Crippen LogP contribution in [0.25, 0.3) is 0 Å². The van der Waals surface area contributed by atoms with Crippen molar-refractivity contribution in [2.75, 3.05) is 11.5 Å². The Morgan fingerprint density at radius 3 is 1.06 bits per heavy atom. The van der Waals surface area contributed by atoms with Crippen LogP contribution >= 0.6 is 15.9 Å². The molecule has 3 aromatic rings. The number of nitrogens with two attached hydrogens (primary N) is 2. The van der Waals surface area contributed by atoms with Gasteiger partial charge in [0.25, 0.3) is 0 Å². The molecule has 0 aliphatic heterocycles. The first-order valence-corrected chi connectivity index (χ1v) is 13.3. The Hall–Kier alpha value is -2.26. The molecule has 4 N–H and O–H groups in total. The van der Waals surface area contributed by atoms with Gasteiger partial charge in [-0.1, -0.05) is 108 Å². The second-order valence-corrected chi connectivity index (χ2v) is 11.7. The lowest BCUT2D eigenvalue weighted by molar-refractivity contribution is 0.817. The van der Waals surface area contributed by atoms with Gasteiger partial charge in [-0.25, -0.2) is 0 Å². The van der Waals surface area contributed by atoms with Gasteiger partial charge in [-0.2, -0.15) is 0 Å². The Labute approximate surface area is 215 Å². The quantitative estimate of drug-likeness (QED) is 0.240. The molecule has 0 saturated heterocycles. The van der Waals surface area contributed by atoms with E-state index in [2.05, 4.69) is 120 Å². The van der Waals surface area contributed by atoms with Crippen LogP contribution in [-0.4, -0.2) is 0 Å². The Balaban J connectivity index is 2.39. The van der Waals surface area contributed by atoms with Crippen molar-refractivity contribution in [3.8, 4) is 0 Å². The molecule has 0 saturated carbocycles. The van der Waals surface area contributed by atoms with Crippen LogP contribution in [0, 0.1) is 0 Å². The van der Waals surface area contributed by atoms with Crippen LogP contribution in [0.1, 0.15) is 124 Å². The summed E-state index contributed by atoms with van der Waals surface area (Å²) in [5, 5.41) is 0. The second-order valence-electron chi connectivity index (χ2n) is 10.8. The van der Waals surface area contributed by atoms with Crippen molar-refractivity contribution in [2.45, 2.75) is 85.0 Å². The van der Waals surface area contributed by atoms with Crippen LogP contribution in [0.15, 0.2) is 53.0 Å². The number of anilines is 2. The maximum atomic E-state index is 6.68. The highest BCUT2D eigenvalue weighted by atomic mass is 79.9. The molecular formula is C31H41BrN2. The molecule has 3 rings (SSSR count). The number of rotatable bonds is 7. The Morgan fingerprint density at radius 2 is 0.794 bits per heavy atom. The number of hydrogen-bond donors (Lipinski definition) is 2. The molecule has 0 fully saturated rings. The minimum Gasteiger partial charge on any atom is -0.398 e. The predicted octanol–water partition coefficient (Wildman–Crippen LogP) is 9.29. The topological polar surface area (TPSA) is 52.0 Å². The van der Waals surface area contributed by atoms with Gasteiger partial charge < -0.3 is 11.5 Å². The van der Waals surface area contributed by atoms with Crippen LogP contribution in [-0.2, 0) is 0 Å². The summed E-state index contributed by atoms with van der Waals surface area (Å²) in [6, 6.07) is 18.1. The van der Waals surface area contributed by atoms with Gasteiger partial charge in [0.05, 0.1) is 0 Å². The molecule has 0 aromatic heterocycles. The molecule has 0 unspecified atom stereocenters. The van der Waals surface area contributed by atoms with Gasteiger partial charge in [0, 0.05) is 21.8 Å². The largest absolute Gasteiger partial charge is 0.398 e. The van der Waals surface area contributed by atoms with E-state index in [0.717, 1.165) is 15.8 Å². The average molecular weight is 522 g/mol. The summed E-state index contributed by atoms with van der Waals surface area (Å²) in [5.74, 6) is 1.51. The summed E-state index contributed by atoms with van der Waals surface area (Å²) in [6.07, 6.45) is 0. The molecule has 0 aliphatic rings. The smallest absolute Gasteiger partial charge is 0.0384 e. The van der Waals surface area contributed by atoms with Gasteiger partial charge >= 0.3 is 0 Å². The summed E-state index contributed by atoms with van der Waals surface area (Å²) in [5.41, 5.74) is 24.0. The molecule has 0 atom stereocenters. The molecular weight excluding hydrogens is 480 g/mol. The fourth-order valence-corrected chi connectivity index (χ4v) is 5.19. The zero-order chi connectivity index (χ0) is 25.3. The average Bonchev–Trinajstić information content (AvgIpc) is 2.76. The third-order valence-electron chi connectivity index (χ3n) is 6.89. The SMILES string of the molecule is CC(C)c1cc(C(c2ccc(Br)cc2)c2cc(C(C)C)c(N)c(C(C)C)c2)cc(C(C)C)c1N. The molecule has 0 aliphatic carbocycles. The highest BCUT2D eigenvalue weighted by molar-refractivity contribution is 9.10. The van der Waals surface area contributed by atoms with Gasteiger partial charge in [-0.15, -0.1) is 0 Å². The molecule has 182 valence electrons. The van der Waals surface area contributed by atoms with E-state index in [9.17, 15) is 0 Å². The number of nitrogen functional groups attached to an aromatic ring is 2. The zero-order valence-corrected chi connectivity index (χ0v) is 23.6. The standard InChI is InChI=1S/C31H41BrN2/c1-17(2)25-13-22(14-26(18(3)4)30(25)33)29(21-9-11-24(32)12-10-21)23-15-27(19(5)6)31(34)28(16-23)20(7)8/h9-20,29H,33-34H2,1-8H3.